The summed E-state index contributed by atoms with van der Waals surface area (Å²) in [6.45, 7) is 10.6. The molecular weight excluding hydrogens is 206 g/mol. The van der Waals surface area contributed by atoms with E-state index in [0.717, 1.165) is 36.2 Å². The predicted molar refractivity (Wildman–Crippen MR) is 67.6 cm³/mol. The van der Waals surface area contributed by atoms with E-state index in [2.05, 4.69) is 18.2 Å². The van der Waals surface area contributed by atoms with E-state index in [0.29, 0.717) is 0 Å². The average Bonchev–Trinajstić information content (AvgIpc) is 2.00. The monoisotopic (exact) mass is 231 g/mol. The predicted octanol–water partition coefficient (Wildman–Crippen LogP) is 3.32. The van der Waals surface area contributed by atoms with Crippen LogP contribution in [0.2, 0.25) is 0 Å². The normalized spacial score (nSPS) is 33.1. The third-order valence-corrected chi connectivity index (χ3v) is 5.63. The Hall–Kier alpha value is -0.0500. The molecule has 1 aliphatic rings. The first-order valence-corrected chi connectivity index (χ1v) is 7.81. The fourth-order valence-electron chi connectivity index (χ4n) is 2.17. The van der Waals surface area contributed by atoms with E-state index in [1.807, 2.05) is 20.8 Å². The lowest BCUT2D eigenvalue weighted by atomic mass is 9.91. The molecule has 2 nitrogen and oxygen atoms in total. The molecule has 0 saturated carbocycles. The van der Waals surface area contributed by atoms with Crippen LogP contribution in [0.3, 0.4) is 0 Å². The van der Waals surface area contributed by atoms with Gasteiger partial charge in [0, 0.05) is 21.2 Å². The van der Waals surface area contributed by atoms with Gasteiger partial charge in [-0.3, -0.25) is 0 Å². The summed E-state index contributed by atoms with van der Waals surface area (Å²) in [6.07, 6.45) is 2.19. The van der Waals surface area contributed by atoms with Crippen LogP contribution in [-0.2, 0) is 9.73 Å². The van der Waals surface area contributed by atoms with Crippen LogP contribution in [0, 0.1) is 11.8 Å². The molecule has 0 aromatic carbocycles. The summed E-state index contributed by atoms with van der Waals surface area (Å²) in [6, 6.07) is 0. The standard InChI is InChI=1S/C12H25NOS/c1-10(2)11-6-8-15(14,9-7-11)13-12(3,4)5/h10-11H,6-9H2,1-5H3. The molecule has 3 heteroatoms. The molecule has 1 saturated heterocycles. The van der Waals surface area contributed by atoms with Gasteiger partial charge in [0.2, 0.25) is 0 Å². The van der Waals surface area contributed by atoms with Crippen molar-refractivity contribution in [2.75, 3.05) is 11.5 Å². The van der Waals surface area contributed by atoms with Crippen LogP contribution < -0.4 is 0 Å². The quantitative estimate of drug-likeness (QED) is 0.680. The van der Waals surface area contributed by atoms with Gasteiger partial charge >= 0.3 is 0 Å². The zero-order valence-electron chi connectivity index (χ0n) is 10.7. The van der Waals surface area contributed by atoms with E-state index in [1.54, 1.807) is 0 Å². The zero-order chi connectivity index (χ0) is 11.7. The molecule has 1 heterocycles. The van der Waals surface area contributed by atoms with Gasteiger partial charge in [0.1, 0.15) is 0 Å². The highest BCUT2D eigenvalue weighted by molar-refractivity contribution is 7.93. The summed E-state index contributed by atoms with van der Waals surface area (Å²) in [4.78, 5) is 0. The minimum Gasteiger partial charge on any atom is -0.250 e. The molecule has 1 aliphatic heterocycles. The van der Waals surface area contributed by atoms with Crippen molar-refractivity contribution in [2.24, 2.45) is 16.2 Å². The van der Waals surface area contributed by atoms with Gasteiger partial charge in [-0.15, -0.1) is 0 Å². The molecule has 0 spiro atoms. The molecule has 0 aromatic rings. The molecule has 90 valence electrons. The van der Waals surface area contributed by atoms with E-state index < -0.39 is 9.73 Å². The first-order valence-electron chi connectivity index (χ1n) is 5.95. The van der Waals surface area contributed by atoms with Crippen LogP contribution in [0.5, 0.6) is 0 Å². The summed E-state index contributed by atoms with van der Waals surface area (Å²) >= 11 is 0. The Labute approximate surface area is 95.0 Å². The van der Waals surface area contributed by atoms with Gasteiger partial charge in [-0.25, -0.2) is 8.57 Å². The van der Waals surface area contributed by atoms with Gasteiger partial charge in [-0.1, -0.05) is 13.8 Å². The van der Waals surface area contributed by atoms with Crippen molar-refractivity contribution in [3.63, 3.8) is 0 Å². The van der Waals surface area contributed by atoms with Gasteiger partial charge in [0.15, 0.2) is 0 Å². The fourth-order valence-corrected chi connectivity index (χ4v) is 4.90. The molecule has 0 aromatic heterocycles. The number of hydrogen-bond acceptors (Lipinski definition) is 2. The van der Waals surface area contributed by atoms with Gasteiger partial charge < -0.3 is 0 Å². The molecule has 0 radical (unpaired) electrons. The third kappa shape index (κ3) is 4.13. The highest BCUT2D eigenvalue weighted by atomic mass is 32.2. The minimum absolute atomic E-state index is 0.151. The SMILES string of the molecule is CC(C)C1CCS(=O)(=NC(C)(C)C)CC1. The van der Waals surface area contributed by atoms with Crippen LogP contribution >= 0.6 is 0 Å². The fraction of sp³-hybridized carbons (Fsp3) is 1.00. The van der Waals surface area contributed by atoms with Crippen molar-refractivity contribution in [1.82, 2.24) is 0 Å². The van der Waals surface area contributed by atoms with Crippen LogP contribution in [-0.4, -0.2) is 21.3 Å². The Kier molecular flexibility index (Phi) is 3.85. The highest BCUT2D eigenvalue weighted by Gasteiger charge is 2.26. The topological polar surface area (TPSA) is 29.4 Å². The van der Waals surface area contributed by atoms with Crippen molar-refractivity contribution in [3.8, 4) is 0 Å². The molecule has 1 rings (SSSR count). The Morgan fingerprint density at radius 1 is 1.20 bits per heavy atom. The van der Waals surface area contributed by atoms with Crippen molar-refractivity contribution < 1.29 is 4.21 Å². The molecule has 0 bridgehead atoms. The van der Waals surface area contributed by atoms with Crippen LogP contribution in [0.4, 0.5) is 0 Å². The zero-order valence-corrected chi connectivity index (χ0v) is 11.6. The first-order chi connectivity index (χ1) is 6.72. The second-order valence-corrected chi connectivity index (χ2v) is 8.57. The van der Waals surface area contributed by atoms with E-state index >= 15 is 0 Å². The van der Waals surface area contributed by atoms with Crippen LogP contribution in [0.15, 0.2) is 4.36 Å². The molecule has 1 fully saturated rings. The summed E-state index contributed by atoms with van der Waals surface area (Å²) < 4.78 is 16.9. The van der Waals surface area contributed by atoms with E-state index in [4.69, 9.17) is 0 Å². The molecule has 0 unspecified atom stereocenters. The molecule has 0 aliphatic carbocycles. The minimum atomic E-state index is -1.89. The van der Waals surface area contributed by atoms with Gasteiger partial charge in [0.05, 0.1) is 5.54 Å². The Morgan fingerprint density at radius 3 is 2.00 bits per heavy atom. The highest BCUT2D eigenvalue weighted by Crippen LogP contribution is 2.28. The third-order valence-electron chi connectivity index (χ3n) is 3.00. The number of hydrogen-bond donors (Lipinski definition) is 0. The smallest absolute Gasteiger partial charge is 0.0618 e. The Bertz CT molecular complexity index is 305. The Balaban J connectivity index is 2.71. The lowest BCUT2D eigenvalue weighted by molar-refractivity contribution is 0.355. The lowest BCUT2D eigenvalue weighted by Crippen LogP contribution is -2.28. The first kappa shape index (κ1) is 13.0. The second kappa shape index (κ2) is 4.44. The van der Waals surface area contributed by atoms with Crippen molar-refractivity contribution in [1.29, 1.82) is 0 Å². The van der Waals surface area contributed by atoms with E-state index in [1.165, 1.54) is 0 Å². The van der Waals surface area contributed by atoms with Crippen molar-refractivity contribution >= 4 is 9.73 Å². The molecular formula is C12H25NOS. The Morgan fingerprint density at radius 2 is 1.67 bits per heavy atom. The molecule has 15 heavy (non-hydrogen) atoms. The lowest BCUT2D eigenvalue weighted by Gasteiger charge is -2.29. The van der Waals surface area contributed by atoms with Crippen molar-refractivity contribution in [3.05, 3.63) is 0 Å². The number of rotatable bonds is 1. The van der Waals surface area contributed by atoms with Gasteiger partial charge in [-0.05, 0) is 45.4 Å². The van der Waals surface area contributed by atoms with Crippen molar-refractivity contribution in [2.45, 2.75) is 53.0 Å². The molecule has 0 N–H and O–H groups in total. The van der Waals surface area contributed by atoms with Gasteiger partial charge in [-0.2, -0.15) is 0 Å². The summed E-state index contributed by atoms with van der Waals surface area (Å²) in [7, 11) is -1.89. The van der Waals surface area contributed by atoms with E-state index in [-0.39, 0.29) is 5.54 Å². The maximum Gasteiger partial charge on any atom is 0.0618 e. The van der Waals surface area contributed by atoms with Gasteiger partial charge in [0.25, 0.3) is 0 Å². The summed E-state index contributed by atoms with van der Waals surface area (Å²) in [5, 5.41) is 0. The molecule has 0 amide bonds. The van der Waals surface area contributed by atoms with Crippen LogP contribution in [0.25, 0.3) is 0 Å². The largest absolute Gasteiger partial charge is 0.250 e. The summed E-state index contributed by atoms with van der Waals surface area (Å²) in [5.41, 5.74) is -0.151. The number of nitrogens with zero attached hydrogens (tertiary/aromatic N) is 1. The maximum absolute atomic E-state index is 12.4. The maximum atomic E-state index is 12.4. The average molecular weight is 231 g/mol. The molecule has 0 atom stereocenters. The second-order valence-electron chi connectivity index (χ2n) is 6.02. The van der Waals surface area contributed by atoms with Crippen LogP contribution in [0.1, 0.15) is 47.5 Å². The summed E-state index contributed by atoms with van der Waals surface area (Å²) in [5.74, 6) is 3.11. The van der Waals surface area contributed by atoms with E-state index in [9.17, 15) is 4.21 Å².